The van der Waals surface area contributed by atoms with E-state index in [4.69, 9.17) is 0 Å². The van der Waals surface area contributed by atoms with Gasteiger partial charge in [0.2, 0.25) is 17.7 Å². The number of hydrogen-bond donors (Lipinski definition) is 1. The van der Waals surface area contributed by atoms with Crippen LogP contribution in [0.15, 0.2) is 30.3 Å². The van der Waals surface area contributed by atoms with Crippen molar-refractivity contribution < 1.29 is 14.4 Å². The Hall–Kier alpha value is -2.41. The molecule has 1 aromatic carbocycles. The predicted octanol–water partition coefficient (Wildman–Crippen LogP) is 0.0678. The summed E-state index contributed by atoms with van der Waals surface area (Å²) in [5.41, 5.74) is 1.12. The quantitative estimate of drug-likeness (QED) is 0.814. The smallest absolute Gasteiger partial charge is 0.236 e. The molecule has 0 aliphatic carbocycles. The Morgan fingerprint density at radius 2 is 1.93 bits per heavy atom. The summed E-state index contributed by atoms with van der Waals surface area (Å²) < 4.78 is 0. The van der Waals surface area contributed by atoms with E-state index in [1.165, 1.54) is 0 Å². The molecule has 3 amide bonds. The Bertz CT molecular complexity index is 723. The summed E-state index contributed by atoms with van der Waals surface area (Å²) in [5.74, 6) is 0.0500. The fourth-order valence-corrected chi connectivity index (χ4v) is 4.35. The van der Waals surface area contributed by atoms with Crippen molar-refractivity contribution in [3.63, 3.8) is 0 Å². The number of piperidine rings is 1. The van der Waals surface area contributed by atoms with Gasteiger partial charge in [0.05, 0.1) is 19.0 Å². The standard InChI is InChI=1S/C20H26N4O3/c25-18-13-22(9-8-21-18)14-19(26)23-11-16-6-7-17(12-23)24(20(16)27)10-15-4-2-1-3-5-15/h1-5,16-17H,6-14H2,(H,21,25)/t16-,17+/m1/s1. The van der Waals surface area contributed by atoms with Gasteiger partial charge in [0.1, 0.15) is 0 Å². The number of carbonyl (C=O) groups excluding carboxylic acids is 3. The number of fused-ring (bicyclic) bond motifs is 4. The van der Waals surface area contributed by atoms with Crippen molar-refractivity contribution in [1.82, 2.24) is 20.0 Å². The van der Waals surface area contributed by atoms with Crippen LogP contribution in [0.1, 0.15) is 18.4 Å². The minimum Gasteiger partial charge on any atom is -0.354 e. The summed E-state index contributed by atoms with van der Waals surface area (Å²) in [6.45, 7) is 3.49. The van der Waals surface area contributed by atoms with Crippen molar-refractivity contribution in [2.75, 3.05) is 39.3 Å². The minimum atomic E-state index is -0.110. The van der Waals surface area contributed by atoms with Crippen LogP contribution in [-0.4, -0.2) is 77.7 Å². The van der Waals surface area contributed by atoms with Crippen LogP contribution < -0.4 is 5.32 Å². The first-order valence-corrected chi connectivity index (χ1v) is 9.71. The zero-order chi connectivity index (χ0) is 18.8. The first kappa shape index (κ1) is 18.0. The van der Waals surface area contributed by atoms with Gasteiger partial charge in [0, 0.05) is 38.8 Å². The summed E-state index contributed by atoms with van der Waals surface area (Å²) in [5, 5.41) is 2.78. The number of piperazine rings is 1. The molecule has 4 saturated heterocycles. The van der Waals surface area contributed by atoms with Crippen molar-refractivity contribution in [3.8, 4) is 0 Å². The summed E-state index contributed by atoms with van der Waals surface area (Å²) in [6.07, 6.45) is 1.80. The lowest BCUT2D eigenvalue weighted by molar-refractivity contribution is -0.140. The normalized spacial score (nSPS) is 26.1. The fraction of sp³-hybridized carbons (Fsp3) is 0.550. The van der Waals surface area contributed by atoms with E-state index in [1.54, 1.807) is 0 Å². The van der Waals surface area contributed by atoms with Gasteiger partial charge in [-0.05, 0) is 18.4 Å². The lowest BCUT2D eigenvalue weighted by atomic mass is 9.93. The van der Waals surface area contributed by atoms with Crippen LogP contribution in [0.25, 0.3) is 0 Å². The minimum absolute atomic E-state index is 0.0240. The molecule has 1 N–H and O–H groups in total. The van der Waals surface area contributed by atoms with Crippen molar-refractivity contribution in [2.24, 2.45) is 5.92 Å². The number of rotatable bonds is 4. The van der Waals surface area contributed by atoms with Crippen LogP contribution in [0.3, 0.4) is 0 Å². The van der Waals surface area contributed by atoms with Crippen molar-refractivity contribution in [2.45, 2.75) is 25.4 Å². The van der Waals surface area contributed by atoms with Crippen LogP contribution in [0.4, 0.5) is 0 Å². The first-order valence-electron chi connectivity index (χ1n) is 9.71. The number of nitrogens with zero attached hydrogens (tertiary/aromatic N) is 3. The van der Waals surface area contributed by atoms with E-state index in [2.05, 4.69) is 5.32 Å². The number of hydrogen-bond acceptors (Lipinski definition) is 4. The summed E-state index contributed by atoms with van der Waals surface area (Å²) in [7, 11) is 0. The summed E-state index contributed by atoms with van der Waals surface area (Å²) >= 11 is 0. The maximum atomic E-state index is 12.9. The van der Waals surface area contributed by atoms with Crippen molar-refractivity contribution >= 4 is 17.7 Å². The highest BCUT2D eigenvalue weighted by Crippen LogP contribution is 2.30. The van der Waals surface area contributed by atoms with Crippen LogP contribution >= 0.6 is 0 Å². The number of nitrogens with one attached hydrogen (secondary N) is 1. The van der Waals surface area contributed by atoms with E-state index in [0.29, 0.717) is 32.7 Å². The highest BCUT2D eigenvalue weighted by molar-refractivity contribution is 5.84. The van der Waals surface area contributed by atoms with Gasteiger partial charge in [0.25, 0.3) is 0 Å². The van der Waals surface area contributed by atoms with Crippen molar-refractivity contribution in [1.29, 1.82) is 0 Å². The molecule has 4 aliphatic heterocycles. The summed E-state index contributed by atoms with van der Waals surface area (Å²) in [4.78, 5) is 43.0. The zero-order valence-corrected chi connectivity index (χ0v) is 15.5. The molecular weight excluding hydrogens is 344 g/mol. The Kier molecular flexibility index (Phi) is 5.11. The molecule has 7 nitrogen and oxygen atoms in total. The topological polar surface area (TPSA) is 73.0 Å². The molecule has 1 aromatic rings. The summed E-state index contributed by atoms with van der Waals surface area (Å²) in [6, 6.07) is 10.1. The molecule has 27 heavy (non-hydrogen) atoms. The van der Waals surface area contributed by atoms with Gasteiger partial charge in [-0.15, -0.1) is 0 Å². The maximum absolute atomic E-state index is 12.9. The van der Waals surface area contributed by atoms with Crippen LogP contribution in [0.5, 0.6) is 0 Å². The average molecular weight is 370 g/mol. The molecule has 0 radical (unpaired) electrons. The largest absolute Gasteiger partial charge is 0.354 e. The highest BCUT2D eigenvalue weighted by Gasteiger charge is 2.42. The van der Waals surface area contributed by atoms with Gasteiger partial charge in [-0.2, -0.15) is 0 Å². The molecule has 0 saturated carbocycles. The van der Waals surface area contributed by atoms with Crippen molar-refractivity contribution in [3.05, 3.63) is 35.9 Å². The van der Waals surface area contributed by atoms with E-state index in [-0.39, 0.29) is 42.8 Å². The van der Waals surface area contributed by atoms with Crippen LogP contribution in [-0.2, 0) is 20.9 Å². The number of benzene rings is 1. The lowest BCUT2D eigenvalue weighted by Gasteiger charge is -2.36. The molecule has 7 heteroatoms. The van der Waals surface area contributed by atoms with E-state index < -0.39 is 0 Å². The van der Waals surface area contributed by atoms with E-state index in [1.807, 2.05) is 45.0 Å². The molecule has 144 valence electrons. The van der Waals surface area contributed by atoms with E-state index >= 15 is 0 Å². The number of amides is 3. The third-order valence-corrected chi connectivity index (χ3v) is 5.82. The molecule has 0 aromatic heterocycles. The molecule has 4 heterocycles. The Morgan fingerprint density at radius 3 is 2.70 bits per heavy atom. The Labute approximate surface area is 159 Å². The second kappa shape index (κ2) is 7.68. The Balaban J connectivity index is 1.43. The van der Waals surface area contributed by atoms with Gasteiger partial charge >= 0.3 is 0 Å². The molecule has 4 aliphatic rings. The molecule has 2 atom stereocenters. The van der Waals surface area contributed by atoms with E-state index in [9.17, 15) is 14.4 Å². The molecule has 2 bridgehead atoms. The average Bonchev–Trinajstić information content (AvgIpc) is 2.95. The molecular formula is C20H26N4O3. The molecule has 4 fully saturated rings. The third-order valence-electron chi connectivity index (χ3n) is 5.82. The molecule has 5 rings (SSSR count). The maximum Gasteiger partial charge on any atom is 0.236 e. The van der Waals surface area contributed by atoms with E-state index in [0.717, 1.165) is 18.4 Å². The van der Waals surface area contributed by atoms with Gasteiger partial charge in [-0.25, -0.2) is 0 Å². The lowest BCUT2D eigenvalue weighted by Crippen LogP contribution is -2.52. The first-order chi connectivity index (χ1) is 13.1. The molecule has 0 unspecified atom stereocenters. The predicted molar refractivity (Wildman–Crippen MR) is 99.5 cm³/mol. The van der Waals surface area contributed by atoms with Gasteiger partial charge in [-0.1, -0.05) is 30.3 Å². The van der Waals surface area contributed by atoms with Gasteiger partial charge in [-0.3, -0.25) is 19.3 Å². The second-order valence-corrected chi connectivity index (χ2v) is 7.74. The SMILES string of the molecule is O=C1CN(CC(=O)N2C[C@H]3CC[C@@H](C2)N(Cc2ccccc2)C3=O)CCN1. The monoisotopic (exact) mass is 370 g/mol. The zero-order valence-electron chi connectivity index (χ0n) is 15.5. The van der Waals surface area contributed by atoms with Crippen LogP contribution in [0, 0.1) is 5.92 Å². The second-order valence-electron chi connectivity index (χ2n) is 7.74. The molecule has 0 spiro atoms. The van der Waals surface area contributed by atoms with Crippen LogP contribution in [0.2, 0.25) is 0 Å². The Morgan fingerprint density at radius 1 is 1.11 bits per heavy atom. The van der Waals surface area contributed by atoms with Gasteiger partial charge < -0.3 is 15.1 Å². The third kappa shape index (κ3) is 3.98. The van der Waals surface area contributed by atoms with Gasteiger partial charge in [0.15, 0.2) is 0 Å². The number of carbonyl (C=O) groups is 3. The fourth-order valence-electron chi connectivity index (χ4n) is 4.35. The highest BCUT2D eigenvalue weighted by atomic mass is 16.2.